The molecule has 1 N–H and O–H groups in total. The van der Waals surface area contributed by atoms with Gasteiger partial charge in [0.05, 0.1) is 16.1 Å². The van der Waals surface area contributed by atoms with Gasteiger partial charge in [0, 0.05) is 0 Å². The van der Waals surface area contributed by atoms with Crippen LogP contribution < -0.4 is 0 Å². The molecule has 0 fully saturated rings. The molecule has 1 aromatic carbocycles. The zero-order chi connectivity index (χ0) is 10.7. The van der Waals surface area contributed by atoms with Gasteiger partial charge in [0.2, 0.25) is 0 Å². The average molecular weight is 231 g/mol. The predicted octanol–water partition coefficient (Wildman–Crippen LogP) is 3.99. The molecule has 14 heavy (non-hydrogen) atoms. The van der Waals surface area contributed by atoms with Gasteiger partial charge in [0.25, 0.3) is 0 Å². The summed E-state index contributed by atoms with van der Waals surface area (Å²) in [5.41, 5.74) is 1.70. The number of rotatable bonds is 3. The van der Waals surface area contributed by atoms with E-state index in [2.05, 4.69) is 6.58 Å². The van der Waals surface area contributed by atoms with E-state index in [1.807, 2.05) is 6.92 Å². The molecule has 1 aromatic rings. The molecule has 76 valence electrons. The van der Waals surface area contributed by atoms with E-state index in [0.717, 1.165) is 11.1 Å². The summed E-state index contributed by atoms with van der Waals surface area (Å²) in [6.45, 7) is 5.62. The van der Waals surface area contributed by atoms with E-state index in [0.29, 0.717) is 16.5 Å². The molecule has 0 bridgehead atoms. The minimum Gasteiger partial charge on any atom is -0.388 e. The number of benzene rings is 1. The lowest BCUT2D eigenvalue weighted by molar-refractivity contribution is 0.178. The topological polar surface area (TPSA) is 20.2 Å². The molecule has 1 unspecified atom stereocenters. The van der Waals surface area contributed by atoms with Crippen molar-refractivity contribution in [2.24, 2.45) is 0 Å². The Morgan fingerprint density at radius 1 is 1.43 bits per heavy atom. The highest BCUT2D eigenvalue weighted by Gasteiger charge is 2.09. The highest BCUT2D eigenvalue weighted by atomic mass is 35.5. The summed E-state index contributed by atoms with van der Waals surface area (Å²) < 4.78 is 0. The Kier molecular flexibility index (Phi) is 3.99. The third-order valence-electron chi connectivity index (χ3n) is 1.87. The van der Waals surface area contributed by atoms with Crippen molar-refractivity contribution in [3.63, 3.8) is 0 Å². The number of hydrogen-bond acceptors (Lipinski definition) is 1. The molecular weight excluding hydrogens is 219 g/mol. The lowest BCUT2D eigenvalue weighted by Gasteiger charge is -2.11. The summed E-state index contributed by atoms with van der Waals surface area (Å²) in [4.78, 5) is 0. The van der Waals surface area contributed by atoms with Gasteiger partial charge in [-0.2, -0.15) is 0 Å². The number of aliphatic hydroxyl groups is 1. The second kappa shape index (κ2) is 4.83. The van der Waals surface area contributed by atoms with Crippen LogP contribution in [0.1, 0.15) is 25.0 Å². The number of aliphatic hydroxyl groups excluding tert-OH is 1. The first-order valence-corrected chi connectivity index (χ1v) is 5.03. The molecule has 0 heterocycles. The molecule has 0 saturated heterocycles. The van der Waals surface area contributed by atoms with Gasteiger partial charge in [-0.05, 0) is 31.0 Å². The average Bonchev–Trinajstić information content (AvgIpc) is 2.08. The van der Waals surface area contributed by atoms with Crippen molar-refractivity contribution in [1.29, 1.82) is 0 Å². The molecule has 1 nitrogen and oxygen atoms in total. The highest BCUT2D eigenvalue weighted by molar-refractivity contribution is 6.42. The fourth-order valence-electron chi connectivity index (χ4n) is 1.17. The van der Waals surface area contributed by atoms with Gasteiger partial charge in [-0.3, -0.25) is 0 Å². The molecule has 0 aliphatic rings. The Morgan fingerprint density at radius 2 is 2.07 bits per heavy atom. The molecule has 1 rings (SSSR count). The Labute approximate surface area is 94.0 Å². The number of hydrogen-bond donors (Lipinski definition) is 1. The van der Waals surface area contributed by atoms with Gasteiger partial charge in [0.1, 0.15) is 0 Å². The van der Waals surface area contributed by atoms with Crippen LogP contribution in [0.4, 0.5) is 0 Å². The molecule has 3 heteroatoms. The van der Waals surface area contributed by atoms with E-state index >= 15 is 0 Å². The second-order valence-corrected chi connectivity index (χ2v) is 4.16. The molecule has 0 aliphatic carbocycles. The predicted molar refractivity (Wildman–Crippen MR) is 60.9 cm³/mol. The first-order chi connectivity index (χ1) is 6.50. The summed E-state index contributed by atoms with van der Waals surface area (Å²) in [7, 11) is 0. The van der Waals surface area contributed by atoms with Gasteiger partial charge in [-0.25, -0.2) is 0 Å². The van der Waals surface area contributed by atoms with Crippen molar-refractivity contribution in [3.05, 3.63) is 46.0 Å². The zero-order valence-corrected chi connectivity index (χ0v) is 9.44. The van der Waals surface area contributed by atoms with E-state index in [1.54, 1.807) is 18.2 Å². The van der Waals surface area contributed by atoms with Gasteiger partial charge >= 0.3 is 0 Å². The van der Waals surface area contributed by atoms with Gasteiger partial charge in [-0.1, -0.05) is 34.8 Å². The van der Waals surface area contributed by atoms with E-state index in [4.69, 9.17) is 23.2 Å². The summed E-state index contributed by atoms with van der Waals surface area (Å²) in [6, 6.07) is 5.13. The lowest BCUT2D eigenvalue weighted by Crippen LogP contribution is -1.97. The van der Waals surface area contributed by atoms with Crippen molar-refractivity contribution in [3.8, 4) is 0 Å². The summed E-state index contributed by atoms with van der Waals surface area (Å²) in [5, 5.41) is 10.7. The third kappa shape index (κ3) is 3.02. The third-order valence-corrected chi connectivity index (χ3v) is 2.61. The summed E-state index contributed by atoms with van der Waals surface area (Å²) >= 11 is 11.6. The van der Waals surface area contributed by atoms with E-state index in [-0.39, 0.29) is 0 Å². The molecule has 0 saturated carbocycles. The minimum absolute atomic E-state index is 0.463. The first kappa shape index (κ1) is 11.6. The van der Waals surface area contributed by atoms with E-state index in [1.165, 1.54) is 0 Å². The van der Waals surface area contributed by atoms with Crippen LogP contribution in [0, 0.1) is 0 Å². The molecule has 0 aliphatic heterocycles. The van der Waals surface area contributed by atoms with Crippen LogP contribution in [0.15, 0.2) is 30.4 Å². The summed E-state index contributed by atoms with van der Waals surface area (Å²) in [6.07, 6.45) is -0.0138. The molecule has 0 amide bonds. The van der Waals surface area contributed by atoms with Crippen LogP contribution in [0.5, 0.6) is 0 Å². The monoisotopic (exact) mass is 230 g/mol. The standard InChI is InChI=1S/C11H12Cl2O/c1-7(2)5-11(14)8-3-4-9(12)10(13)6-8/h3-4,6,11,14H,1,5H2,2H3. The summed E-state index contributed by atoms with van der Waals surface area (Å²) in [5.74, 6) is 0. The van der Waals surface area contributed by atoms with Crippen LogP contribution in [0.3, 0.4) is 0 Å². The Bertz CT molecular complexity index is 347. The molecule has 0 radical (unpaired) electrons. The van der Waals surface area contributed by atoms with Crippen LogP contribution in [-0.2, 0) is 0 Å². The Hall–Kier alpha value is -0.500. The number of halogens is 2. The minimum atomic E-state index is -0.553. The largest absolute Gasteiger partial charge is 0.388 e. The normalized spacial score (nSPS) is 12.6. The van der Waals surface area contributed by atoms with Crippen LogP contribution >= 0.6 is 23.2 Å². The van der Waals surface area contributed by atoms with Crippen molar-refractivity contribution in [1.82, 2.24) is 0 Å². The zero-order valence-electron chi connectivity index (χ0n) is 7.93. The quantitative estimate of drug-likeness (QED) is 0.779. The SMILES string of the molecule is C=C(C)CC(O)c1ccc(Cl)c(Cl)c1. The highest BCUT2D eigenvalue weighted by Crippen LogP contribution is 2.27. The Balaban J connectivity index is 2.85. The smallest absolute Gasteiger partial charge is 0.0827 e. The Morgan fingerprint density at radius 3 is 2.57 bits per heavy atom. The van der Waals surface area contributed by atoms with E-state index in [9.17, 15) is 5.11 Å². The van der Waals surface area contributed by atoms with E-state index < -0.39 is 6.10 Å². The molecule has 1 atom stereocenters. The fraction of sp³-hybridized carbons (Fsp3) is 0.273. The maximum absolute atomic E-state index is 9.74. The van der Waals surface area contributed by atoms with Gasteiger partial charge in [-0.15, -0.1) is 6.58 Å². The molecule has 0 spiro atoms. The van der Waals surface area contributed by atoms with Crippen molar-refractivity contribution in [2.45, 2.75) is 19.4 Å². The van der Waals surface area contributed by atoms with Crippen LogP contribution in [-0.4, -0.2) is 5.11 Å². The van der Waals surface area contributed by atoms with Crippen molar-refractivity contribution >= 4 is 23.2 Å². The van der Waals surface area contributed by atoms with Crippen LogP contribution in [0.2, 0.25) is 10.0 Å². The molecular formula is C11H12Cl2O. The first-order valence-electron chi connectivity index (χ1n) is 4.28. The lowest BCUT2D eigenvalue weighted by atomic mass is 10.0. The maximum atomic E-state index is 9.74. The maximum Gasteiger partial charge on any atom is 0.0827 e. The van der Waals surface area contributed by atoms with Crippen molar-refractivity contribution < 1.29 is 5.11 Å². The van der Waals surface area contributed by atoms with Crippen molar-refractivity contribution in [2.75, 3.05) is 0 Å². The van der Waals surface area contributed by atoms with Gasteiger partial charge in [0.15, 0.2) is 0 Å². The van der Waals surface area contributed by atoms with Gasteiger partial charge < -0.3 is 5.11 Å². The molecule has 0 aromatic heterocycles. The fourth-order valence-corrected chi connectivity index (χ4v) is 1.47. The second-order valence-electron chi connectivity index (χ2n) is 3.35. The van der Waals surface area contributed by atoms with Crippen LogP contribution in [0.25, 0.3) is 0 Å².